The molecule has 0 saturated heterocycles. The fourth-order valence-corrected chi connectivity index (χ4v) is 4.77. The minimum atomic E-state index is -0.102. The number of aliphatic hydroxyl groups excluding tert-OH is 2. The maximum absolute atomic E-state index is 8.55. The van der Waals surface area contributed by atoms with Crippen LogP contribution < -0.4 is 0 Å². The largest absolute Gasteiger partial charge is 0.396 e. The van der Waals surface area contributed by atoms with Crippen molar-refractivity contribution in [2.24, 2.45) is 45.5 Å². The van der Waals surface area contributed by atoms with Gasteiger partial charge in [-0.25, -0.2) is 0 Å². The number of hydrogen-bond acceptors (Lipinski definition) is 16. The van der Waals surface area contributed by atoms with E-state index in [1.54, 1.807) is 114 Å². The molecule has 0 fully saturated rings. The normalized spacial score (nSPS) is 7.36. The fourth-order valence-electron chi connectivity index (χ4n) is 4.77. The molecular formula is C61H174N4O13P11+. The summed E-state index contributed by atoms with van der Waals surface area (Å²) in [6.07, 6.45) is 7.24. The maximum atomic E-state index is 8.55. The van der Waals surface area contributed by atoms with Crippen LogP contribution in [0.2, 0.25) is 0 Å². The van der Waals surface area contributed by atoms with Gasteiger partial charge in [0, 0.05) is 38.8 Å². The number of quaternary nitrogens is 1. The summed E-state index contributed by atoms with van der Waals surface area (Å²) in [7, 11) is 22.2. The van der Waals surface area contributed by atoms with Crippen LogP contribution in [0.15, 0.2) is 9.98 Å². The van der Waals surface area contributed by atoms with Gasteiger partial charge in [-0.15, -0.1) is 0 Å². The van der Waals surface area contributed by atoms with Crippen LogP contribution in [0.3, 0.4) is 0 Å². The number of nitrogens with zero attached hydrogens (tertiary/aromatic N) is 4. The first-order valence-corrected chi connectivity index (χ1v) is 29.9. The molecule has 570 valence electrons. The third-order valence-electron chi connectivity index (χ3n) is 8.32. The first-order chi connectivity index (χ1) is 36.6. The van der Waals surface area contributed by atoms with Gasteiger partial charge in [0.1, 0.15) is 100 Å². The number of aliphatic hydroxyl groups is 2. The molecule has 2 N–H and O–H groups in total. The van der Waals surface area contributed by atoms with E-state index in [4.69, 9.17) is 60.4 Å². The Bertz CT molecular complexity index is 788. The van der Waals surface area contributed by atoms with E-state index in [9.17, 15) is 0 Å². The second-order valence-electron chi connectivity index (χ2n) is 18.5. The minimum absolute atomic E-state index is 0. The molecule has 0 aromatic carbocycles. The van der Waals surface area contributed by atoms with Gasteiger partial charge in [0.25, 0.3) is 0 Å². The lowest BCUT2D eigenvalue weighted by molar-refractivity contribution is -0.928. The number of aliphatic imine (C=N–C) groups is 2. The molecule has 89 heavy (non-hydrogen) atoms. The van der Waals surface area contributed by atoms with Crippen LogP contribution in [-0.2, 0) is 50.2 Å². The van der Waals surface area contributed by atoms with Crippen LogP contribution in [0.1, 0.15) is 293 Å². The first-order valence-electron chi connectivity index (χ1n) is 25.5. The highest BCUT2D eigenvalue weighted by Gasteiger charge is 2.22. The highest BCUT2D eigenvalue weighted by molar-refractivity contribution is 7.01. The van der Waals surface area contributed by atoms with E-state index in [-0.39, 0.29) is 87.8 Å². The average molecular weight is 1510 g/mol. The zero-order chi connectivity index (χ0) is 69.0. The summed E-state index contributed by atoms with van der Waals surface area (Å²) in [5.74, 6) is 4.68. The third kappa shape index (κ3) is 386. The molecule has 0 aliphatic carbocycles. The molecule has 0 amide bonds. The van der Waals surface area contributed by atoms with E-state index < -0.39 is 0 Å². The molecule has 0 saturated carbocycles. The molecule has 0 aliphatic heterocycles. The van der Waals surface area contributed by atoms with Crippen molar-refractivity contribution in [1.29, 1.82) is 0 Å². The van der Waals surface area contributed by atoms with Gasteiger partial charge in [0.05, 0.1) is 32.3 Å². The number of hydrogen-bond donors (Lipinski definition) is 2. The Morgan fingerprint density at radius 2 is 0.449 bits per heavy atom. The smallest absolute Gasteiger partial charge is 0.138 e. The Morgan fingerprint density at radius 3 is 0.472 bits per heavy atom. The molecular weight excluding hydrogens is 1340 g/mol. The van der Waals surface area contributed by atoms with Crippen molar-refractivity contribution < 1.29 is 64.9 Å². The van der Waals surface area contributed by atoms with Crippen LogP contribution in [0.4, 0.5) is 0 Å². The van der Waals surface area contributed by atoms with Crippen LogP contribution in [-0.4, -0.2) is 104 Å². The van der Waals surface area contributed by atoms with Crippen molar-refractivity contribution in [3.05, 3.63) is 0 Å². The summed E-state index contributed by atoms with van der Waals surface area (Å²) in [4.78, 5) is 9.00. The summed E-state index contributed by atoms with van der Waals surface area (Å²) in [5.41, 5.74) is 0. The highest BCUT2D eigenvalue weighted by Crippen LogP contribution is 2.13. The molecule has 0 aliphatic rings. The molecule has 0 spiro atoms. The van der Waals surface area contributed by atoms with Gasteiger partial charge in [-0.2, -0.15) is 0 Å². The lowest BCUT2D eigenvalue weighted by Crippen LogP contribution is -2.50. The SMILES string of the molecule is C.C.C.C.C.C.C.C.C.C.C.C=NC.C=NC.CC(C)C.CC(C)C(C)C.CC(C)C(C)C.CC(C)CO.CC(C)N(C(C)C)C(C)C.CCCC(C)O.CCC[N+](CCC)(CCC)CCC.O=P.O=P.O=P.O=P.O=P.O=P.O=P.O=P.O=P.O=P.O=P. The lowest BCUT2D eigenvalue weighted by atomic mass is 10.0. The van der Waals surface area contributed by atoms with Gasteiger partial charge >= 0.3 is 0 Å². The molecule has 1 unspecified atom stereocenters. The standard InChI is InChI=1S/C12H28N.C9H21N.2C6H14.C5H12O.C4H10O.C4H10.2C2H5N.11CH4.11HOP/c1-5-9-13(10-6-2,11-7-3)12-8-4;1-7(2)10(8(3)4)9(5)6;2*1-5(2)6(3)4;1-3-4-5(2)6;1-4(2)3-5;1-4(2)3;2*1-3-2;;;;;;;;;;;;11*1-2/h5-12H2,1-4H3;7-9H,1-6H3;2*5-6H,1-4H3;5-6H,3-4H2,1-2H3;4-5H,3H2,1-2H3;4H,1-3H3;2*1H2,2H3;11*1H4;11*2H/q+1;;;;;;;;;;;;;;;;;;;;;;;;;;;;;;. The van der Waals surface area contributed by atoms with E-state index in [1.165, 1.54) is 56.3 Å². The Labute approximate surface area is 590 Å². The summed E-state index contributed by atoms with van der Waals surface area (Å²) in [5, 5.41) is 16.7. The quantitative estimate of drug-likeness (QED) is 0.0828. The lowest BCUT2D eigenvalue weighted by Gasteiger charge is -2.38. The summed E-state index contributed by atoms with van der Waals surface area (Å²) >= 11 is 0. The van der Waals surface area contributed by atoms with E-state index >= 15 is 0 Å². The average Bonchev–Trinajstić information content (AvgIpc) is 3.41. The van der Waals surface area contributed by atoms with Crippen molar-refractivity contribution in [2.75, 3.05) is 46.9 Å². The van der Waals surface area contributed by atoms with E-state index in [0.717, 1.165) is 42.4 Å². The first kappa shape index (κ1) is 205. The van der Waals surface area contributed by atoms with Crippen LogP contribution in [0.25, 0.3) is 0 Å². The summed E-state index contributed by atoms with van der Waals surface area (Å²) < 4.78 is 90.0. The van der Waals surface area contributed by atoms with Gasteiger partial charge in [0.15, 0.2) is 0 Å². The van der Waals surface area contributed by atoms with E-state index in [1.807, 2.05) is 20.8 Å². The molecule has 28 heteroatoms. The number of rotatable bonds is 16. The van der Waals surface area contributed by atoms with Gasteiger partial charge in [-0.3, -0.25) is 55.1 Å². The molecule has 0 radical (unpaired) electrons. The predicted octanol–water partition coefficient (Wildman–Crippen LogP) is 26.9. The Kier molecular flexibility index (Phi) is 566. The van der Waals surface area contributed by atoms with Gasteiger partial charge in [-0.05, 0) is 130 Å². The van der Waals surface area contributed by atoms with E-state index in [0.29, 0.717) is 30.7 Å². The molecule has 0 heterocycles. The van der Waals surface area contributed by atoms with Crippen molar-refractivity contribution in [1.82, 2.24) is 4.90 Å². The van der Waals surface area contributed by atoms with Crippen molar-refractivity contribution in [3.63, 3.8) is 0 Å². The Hall–Kier alpha value is 0.280. The minimum Gasteiger partial charge on any atom is -0.396 e. The van der Waals surface area contributed by atoms with Crippen LogP contribution in [0.5, 0.6) is 0 Å². The second kappa shape index (κ2) is 246. The van der Waals surface area contributed by atoms with Gasteiger partial charge in [0.2, 0.25) is 0 Å². The highest BCUT2D eigenvalue weighted by atomic mass is 31.0. The zero-order valence-corrected chi connectivity index (χ0v) is 65.6. The van der Waals surface area contributed by atoms with Gasteiger partial charge in [-0.1, -0.05) is 213 Å². The van der Waals surface area contributed by atoms with Gasteiger partial charge < -0.3 is 24.7 Å². The summed E-state index contributed by atoms with van der Waals surface area (Å²) in [6, 6.07) is 2.00. The molecule has 17 nitrogen and oxygen atoms in total. The maximum Gasteiger partial charge on any atom is 0.138 e. The van der Waals surface area contributed by atoms with Crippen molar-refractivity contribution in [3.8, 4) is 0 Å². The Balaban J connectivity index is -0.0000000142. The molecule has 1 atom stereocenters. The fraction of sp³-hybridized carbons (Fsp3) is 0.967. The third-order valence-corrected chi connectivity index (χ3v) is 8.32. The van der Waals surface area contributed by atoms with Crippen molar-refractivity contribution >= 4 is 114 Å². The monoisotopic (exact) mass is 1510 g/mol. The second-order valence-corrected chi connectivity index (χ2v) is 18.5. The predicted molar refractivity (Wildman–Crippen MR) is 441 cm³/mol. The molecule has 0 aromatic heterocycles. The topological polar surface area (TPSA) is 256 Å². The van der Waals surface area contributed by atoms with E-state index in [2.05, 4.69) is 181 Å². The molecule has 0 aromatic rings. The summed E-state index contributed by atoms with van der Waals surface area (Å²) in [6.45, 7) is 67.1. The van der Waals surface area contributed by atoms with Crippen LogP contribution >= 0.6 is 100 Å². The molecule has 0 bridgehead atoms. The van der Waals surface area contributed by atoms with Crippen molar-refractivity contribution in [2.45, 2.75) is 318 Å². The van der Waals surface area contributed by atoms with Crippen LogP contribution in [0, 0.1) is 35.5 Å². The Morgan fingerprint density at radius 1 is 0.337 bits per heavy atom. The zero-order valence-electron chi connectivity index (χ0n) is 54.6. The molecule has 0 rings (SSSR count).